The summed E-state index contributed by atoms with van der Waals surface area (Å²) in [6.07, 6.45) is 7.68. The molecule has 4 heteroatoms. The van der Waals surface area contributed by atoms with Gasteiger partial charge in [-0.15, -0.1) is 0 Å². The number of carbonyl (C=O) groups excluding carboxylic acids is 1. The smallest absolute Gasteiger partial charge is 0.221 e. The van der Waals surface area contributed by atoms with Crippen molar-refractivity contribution in [3.05, 3.63) is 107 Å². The fourth-order valence-corrected chi connectivity index (χ4v) is 2.68. The Labute approximate surface area is 171 Å². The molecular formula is C25H23N3O. The van der Waals surface area contributed by atoms with Crippen LogP contribution in [-0.4, -0.2) is 11.7 Å². The predicted octanol–water partition coefficient (Wildman–Crippen LogP) is 5.19. The lowest BCUT2D eigenvalue weighted by molar-refractivity contribution is -0.114. The van der Waals surface area contributed by atoms with E-state index >= 15 is 0 Å². The second-order valence-corrected chi connectivity index (χ2v) is 6.50. The Kier molecular flexibility index (Phi) is 6.74. The van der Waals surface area contributed by atoms with E-state index in [1.54, 1.807) is 6.20 Å². The van der Waals surface area contributed by atoms with Crippen molar-refractivity contribution >= 4 is 35.7 Å². The highest BCUT2D eigenvalue weighted by Gasteiger charge is 1.97. The zero-order valence-corrected chi connectivity index (χ0v) is 16.2. The molecule has 0 saturated heterocycles. The molecule has 3 N–H and O–H groups in total. The van der Waals surface area contributed by atoms with Crippen LogP contribution in [0.3, 0.4) is 0 Å². The van der Waals surface area contributed by atoms with E-state index in [2.05, 4.69) is 34.6 Å². The summed E-state index contributed by atoms with van der Waals surface area (Å²) in [6.45, 7) is 1.48. The molecule has 1 amide bonds. The lowest BCUT2D eigenvalue weighted by atomic mass is 10.1. The summed E-state index contributed by atoms with van der Waals surface area (Å²) in [5, 5.41) is 2.74. The minimum absolute atomic E-state index is 0.0905. The predicted molar refractivity (Wildman–Crippen MR) is 122 cm³/mol. The van der Waals surface area contributed by atoms with Gasteiger partial charge in [0.1, 0.15) is 5.84 Å². The first-order chi connectivity index (χ1) is 14.1. The summed E-state index contributed by atoms with van der Waals surface area (Å²) in [6, 6.07) is 25.6. The highest BCUT2D eigenvalue weighted by atomic mass is 16.1. The van der Waals surface area contributed by atoms with Gasteiger partial charge in [0.15, 0.2) is 0 Å². The van der Waals surface area contributed by atoms with Crippen LogP contribution in [0.15, 0.2) is 90.1 Å². The third-order valence-electron chi connectivity index (χ3n) is 4.19. The number of nitrogens with two attached hydrogens (primary N) is 1. The number of aliphatic imine (C=N–C) groups is 1. The van der Waals surface area contributed by atoms with Crippen LogP contribution in [0.1, 0.15) is 29.2 Å². The summed E-state index contributed by atoms with van der Waals surface area (Å²) in [5.74, 6) is 0.363. The lowest BCUT2D eigenvalue weighted by Crippen LogP contribution is -2.12. The molecule has 0 heterocycles. The number of hydrogen-bond acceptors (Lipinski definition) is 2. The molecule has 0 saturated carbocycles. The number of nitrogens with one attached hydrogen (secondary N) is 1. The van der Waals surface area contributed by atoms with Crippen LogP contribution in [0.5, 0.6) is 0 Å². The first-order valence-corrected chi connectivity index (χ1v) is 9.31. The number of rotatable bonds is 6. The Morgan fingerprint density at radius 3 is 1.97 bits per heavy atom. The molecule has 144 valence electrons. The van der Waals surface area contributed by atoms with Crippen molar-refractivity contribution in [3.63, 3.8) is 0 Å². The number of anilines is 1. The fraction of sp³-hybridized carbons (Fsp3) is 0.0400. The number of nitrogens with zero attached hydrogens (tertiary/aromatic N) is 1. The normalized spacial score (nSPS) is 11.8. The lowest BCUT2D eigenvalue weighted by Gasteiger charge is -2.02. The molecule has 0 aliphatic rings. The van der Waals surface area contributed by atoms with Crippen molar-refractivity contribution in [1.82, 2.24) is 0 Å². The highest BCUT2D eigenvalue weighted by molar-refractivity contribution is 5.98. The van der Waals surface area contributed by atoms with Gasteiger partial charge >= 0.3 is 0 Å². The van der Waals surface area contributed by atoms with E-state index in [4.69, 9.17) is 5.73 Å². The van der Waals surface area contributed by atoms with Crippen LogP contribution in [0.2, 0.25) is 0 Å². The Balaban J connectivity index is 1.61. The van der Waals surface area contributed by atoms with Gasteiger partial charge in [-0.3, -0.25) is 4.79 Å². The maximum atomic E-state index is 11.0. The molecule has 0 radical (unpaired) electrons. The van der Waals surface area contributed by atoms with Crippen molar-refractivity contribution in [2.75, 3.05) is 5.32 Å². The fourth-order valence-electron chi connectivity index (χ4n) is 2.68. The zero-order chi connectivity index (χ0) is 20.5. The molecule has 4 nitrogen and oxygen atoms in total. The maximum Gasteiger partial charge on any atom is 0.221 e. The average Bonchev–Trinajstić information content (AvgIpc) is 2.74. The van der Waals surface area contributed by atoms with Gasteiger partial charge in [-0.2, -0.15) is 0 Å². The zero-order valence-electron chi connectivity index (χ0n) is 16.2. The highest BCUT2D eigenvalue weighted by Crippen LogP contribution is 2.12. The van der Waals surface area contributed by atoms with Gasteiger partial charge in [0.25, 0.3) is 0 Å². The summed E-state index contributed by atoms with van der Waals surface area (Å²) in [4.78, 5) is 15.4. The van der Waals surface area contributed by atoms with Crippen molar-refractivity contribution in [2.24, 2.45) is 10.7 Å². The van der Waals surface area contributed by atoms with Gasteiger partial charge in [-0.25, -0.2) is 4.99 Å². The van der Waals surface area contributed by atoms with E-state index in [1.807, 2.05) is 72.8 Å². The second kappa shape index (κ2) is 9.85. The van der Waals surface area contributed by atoms with Crippen molar-refractivity contribution < 1.29 is 4.79 Å². The molecule has 0 aliphatic heterocycles. The molecule has 0 bridgehead atoms. The van der Waals surface area contributed by atoms with Gasteiger partial charge in [-0.1, -0.05) is 78.9 Å². The molecule has 0 atom stereocenters. The molecular weight excluding hydrogens is 358 g/mol. The quantitative estimate of drug-likeness (QED) is 0.350. The summed E-state index contributed by atoms with van der Waals surface area (Å²) < 4.78 is 0. The standard InChI is InChI=1S/C25H23N3O/c1-19(29)28-24-15-11-22(12-16-24)17-18-27-25(26)23-13-9-21(10-14-23)8-7-20-5-3-2-4-6-20/h2-18H,1H3,(H2,26,27)(H,28,29). The molecule has 0 aromatic heterocycles. The molecule has 29 heavy (non-hydrogen) atoms. The Morgan fingerprint density at radius 1 is 0.793 bits per heavy atom. The maximum absolute atomic E-state index is 11.0. The molecule has 0 fully saturated rings. The minimum Gasteiger partial charge on any atom is -0.383 e. The summed E-state index contributed by atoms with van der Waals surface area (Å²) in [5.41, 5.74) is 10.9. The third-order valence-corrected chi connectivity index (χ3v) is 4.19. The first-order valence-electron chi connectivity index (χ1n) is 9.31. The molecule has 0 spiro atoms. The van der Waals surface area contributed by atoms with Crippen molar-refractivity contribution in [1.29, 1.82) is 0 Å². The van der Waals surface area contributed by atoms with Gasteiger partial charge in [0.05, 0.1) is 0 Å². The van der Waals surface area contributed by atoms with Gasteiger partial charge in [0, 0.05) is 24.4 Å². The van der Waals surface area contributed by atoms with Crippen LogP contribution >= 0.6 is 0 Å². The Hall–Kier alpha value is -3.92. The molecule has 3 aromatic carbocycles. The number of amides is 1. The second-order valence-electron chi connectivity index (χ2n) is 6.50. The van der Waals surface area contributed by atoms with E-state index in [0.29, 0.717) is 5.84 Å². The van der Waals surface area contributed by atoms with Crippen LogP contribution in [0.25, 0.3) is 18.2 Å². The third kappa shape index (κ3) is 6.33. The van der Waals surface area contributed by atoms with E-state index < -0.39 is 0 Å². The summed E-state index contributed by atoms with van der Waals surface area (Å²) in [7, 11) is 0. The minimum atomic E-state index is -0.0905. The average molecular weight is 381 g/mol. The van der Waals surface area contributed by atoms with Crippen LogP contribution in [0, 0.1) is 0 Å². The first kappa shape index (κ1) is 19.8. The van der Waals surface area contributed by atoms with E-state index in [-0.39, 0.29) is 5.91 Å². The summed E-state index contributed by atoms with van der Waals surface area (Å²) >= 11 is 0. The number of benzene rings is 3. The number of carbonyl (C=O) groups is 1. The van der Waals surface area contributed by atoms with Crippen LogP contribution < -0.4 is 11.1 Å². The van der Waals surface area contributed by atoms with Crippen molar-refractivity contribution in [2.45, 2.75) is 6.92 Å². The Bertz CT molecular complexity index is 1030. The Morgan fingerprint density at radius 2 is 1.34 bits per heavy atom. The van der Waals surface area contributed by atoms with E-state index in [1.165, 1.54) is 6.92 Å². The topological polar surface area (TPSA) is 67.5 Å². The molecule has 3 aromatic rings. The largest absolute Gasteiger partial charge is 0.383 e. The monoisotopic (exact) mass is 381 g/mol. The molecule has 0 unspecified atom stereocenters. The van der Waals surface area contributed by atoms with Gasteiger partial charge in [0.2, 0.25) is 5.91 Å². The van der Waals surface area contributed by atoms with Crippen molar-refractivity contribution in [3.8, 4) is 0 Å². The van der Waals surface area contributed by atoms with Crippen LogP contribution in [-0.2, 0) is 4.79 Å². The van der Waals surface area contributed by atoms with Crippen LogP contribution in [0.4, 0.5) is 5.69 Å². The van der Waals surface area contributed by atoms with E-state index in [9.17, 15) is 4.79 Å². The number of hydrogen-bond donors (Lipinski definition) is 2. The van der Waals surface area contributed by atoms with Gasteiger partial charge in [-0.05, 0) is 34.9 Å². The number of amidine groups is 1. The molecule has 0 aliphatic carbocycles. The van der Waals surface area contributed by atoms with E-state index in [0.717, 1.165) is 27.9 Å². The van der Waals surface area contributed by atoms with Gasteiger partial charge < -0.3 is 11.1 Å². The molecule has 3 rings (SSSR count). The SMILES string of the molecule is CC(=O)Nc1ccc(C=CN=C(N)c2ccc(C=Cc3ccccc3)cc2)cc1.